The number of methoxy groups -OCH3 is 1. The number of aryl methyl sites for hydroxylation is 1. The van der Waals surface area contributed by atoms with Crippen molar-refractivity contribution in [3.05, 3.63) is 29.8 Å². The maximum Gasteiger partial charge on any atom is 0.308 e. The van der Waals surface area contributed by atoms with Gasteiger partial charge in [0.15, 0.2) is 0 Å². The summed E-state index contributed by atoms with van der Waals surface area (Å²) >= 11 is 0. The van der Waals surface area contributed by atoms with Crippen molar-refractivity contribution in [2.75, 3.05) is 32.1 Å². The van der Waals surface area contributed by atoms with Crippen molar-refractivity contribution in [2.24, 2.45) is 5.92 Å². The molecule has 0 spiro atoms. The number of likely N-dealkylation sites (tertiary alicyclic amines) is 1. The summed E-state index contributed by atoms with van der Waals surface area (Å²) in [6, 6.07) is 7.91. The summed E-state index contributed by atoms with van der Waals surface area (Å²) < 4.78 is 4.77. The Morgan fingerprint density at radius 2 is 1.86 bits per heavy atom. The number of piperidine rings is 1. The molecular weight excluding hydrogens is 280 g/mol. The third-order valence-electron chi connectivity index (χ3n) is 4.14. The van der Waals surface area contributed by atoms with E-state index in [1.54, 1.807) is 0 Å². The van der Waals surface area contributed by atoms with Gasteiger partial charge in [0.05, 0.1) is 19.6 Å². The van der Waals surface area contributed by atoms with E-state index in [0.29, 0.717) is 6.54 Å². The molecule has 0 unspecified atom stereocenters. The molecular formula is C17H24N2O3. The van der Waals surface area contributed by atoms with Gasteiger partial charge >= 0.3 is 5.97 Å². The van der Waals surface area contributed by atoms with Gasteiger partial charge in [0.1, 0.15) is 0 Å². The highest BCUT2D eigenvalue weighted by Gasteiger charge is 2.26. The van der Waals surface area contributed by atoms with E-state index in [2.05, 4.69) is 17.1 Å². The third-order valence-corrected chi connectivity index (χ3v) is 4.14. The maximum atomic E-state index is 12.1. The van der Waals surface area contributed by atoms with Crippen LogP contribution in [0.4, 0.5) is 5.69 Å². The fraction of sp³-hybridized carbons (Fsp3) is 0.529. The molecule has 1 aromatic rings. The summed E-state index contributed by atoms with van der Waals surface area (Å²) in [6.07, 6.45) is 2.50. The quantitative estimate of drug-likeness (QED) is 0.846. The van der Waals surface area contributed by atoms with Crippen LogP contribution in [-0.2, 0) is 20.7 Å². The van der Waals surface area contributed by atoms with Crippen LogP contribution in [0.1, 0.15) is 25.3 Å². The lowest BCUT2D eigenvalue weighted by atomic mass is 9.97. The summed E-state index contributed by atoms with van der Waals surface area (Å²) in [5.41, 5.74) is 2.08. The normalized spacial score (nSPS) is 16.3. The molecule has 1 aromatic carbocycles. The van der Waals surface area contributed by atoms with Crippen molar-refractivity contribution in [1.82, 2.24) is 4.90 Å². The van der Waals surface area contributed by atoms with Gasteiger partial charge in [0.2, 0.25) is 5.91 Å². The van der Waals surface area contributed by atoms with Crippen LogP contribution in [0.5, 0.6) is 0 Å². The van der Waals surface area contributed by atoms with Crippen LogP contribution < -0.4 is 5.32 Å². The lowest BCUT2D eigenvalue weighted by Crippen LogP contribution is -2.41. The number of carbonyl (C=O) groups excluding carboxylic acids is 2. The Balaban J connectivity index is 1.77. The monoisotopic (exact) mass is 304 g/mol. The van der Waals surface area contributed by atoms with E-state index in [4.69, 9.17) is 4.74 Å². The predicted molar refractivity (Wildman–Crippen MR) is 85.6 cm³/mol. The highest BCUT2D eigenvalue weighted by Crippen LogP contribution is 2.18. The predicted octanol–water partition coefficient (Wildman–Crippen LogP) is 2.07. The Labute approximate surface area is 131 Å². The Morgan fingerprint density at radius 3 is 2.41 bits per heavy atom. The number of rotatable bonds is 5. The number of hydrogen-bond donors (Lipinski definition) is 1. The van der Waals surface area contributed by atoms with E-state index in [-0.39, 0.29) is 17.8 Å². The Kier molecular flexibility index (Phi) is 5.95. The minimum absolute atomic E-state index is 0.0132. The molecule has 1 fully saturated rings. The highest BCUT2D eigenvalue weighted by molar-refractivity contribution is 5.92. The number of carbonyl (C=O) groups is 2. The highest BCUT2D eigenvalue weighted by atomic mass is 16.5. The molecule has 5 nitrogen and oxygen atoms in total. The van der Waals surface area contributed by atoms with Crippen LogP contribution in [-0.4, -0.2) is 43.5 Å². The average molecular weight is 304 g/mol. The molecule has 0 aromatic heterocycles. The molecule has 0 bridgehead atoms. The van der Waals surface area contributed by atoms with Gasteiger partial charge in [-0.3, -0.25) is 14.5 Å². The van der Waals surface area contributed by atoms with Gasteiger partial charge in [-0.1, -0.05) is 19.1 Å². The molecule has 1 aliphatic heterocycles. The van der Waals surface area contributed by atoms with Crippen molar-refractivity contribution >= 4 is 17.6 Å². The van der Waals surface area contributed by atoms with Crippen molar-refractivity contribution in [1.29, 1.82) is 0 Å². The van der Waals surface area contributed by atoms with E-state index in [1.165, 1.54) is 12.7 Å². The van der Waals surface area contributed by atoms with Gasteiger partial charge in [-0.25, -0.2) is 0 Å². The Morgan fingerprint density at radius 1 is 1.23 bits per heavy atom. The second-order valence-corrected chi connectivity index (χ2v) is 5.67. The van der Waals surface area contributed by atoms with Crippen molar-refractivity contribution in [3.63, 3.8) is 0 Å². The van der Waals surface area contributed by atoms with Gasteiger partial charge < -0.3 is 10.1 Å². The Hall–Kier alpha value is -1.88. The lowest BCUT2D eigenvalue weighted by molar-refractivity contribution is -0.147. The number of amides is 1. The fourth-order valence-electron chi connectivity index (χ4n) is 2.72. The van der Waals surface area contributed by atoms with Gasteiger partial charge in [-0.2, -0.15) is 0 Å². The number of nitrogens with one attached hydrogen (secondary N) is 1. The second kappa shape index (κ2) is 7.94. The van der Waals surface area contributed by atoms with E-state index < -0.39 is 0 Å². The van der Waals surface area contributed by atoms with Crippen molar-refractivity contribution in [3.8, 4) is 0 Å². The van der Waals surface area contributed by atoms with Crippen LogP contribution in [0.15, 0.2) is 24.3 Å². The van der Waals surface area contributed by atoms with Gasteiger partial charge in [-0.05, 0) is 50.0 Å². The number of nitrogens with zero attached hydrogens (tertiary/aromatic N) is 1. The second-order valence-electron chi connectivity index (χ2n) is 5.67. The number of benzene rings is 1. The first-order valence-electron chi connectivity index (χ1n) is 7.81. The van der Waals surface area contributed by atoms with Gasteiger partial charge in [0, 0.05) is 5.69 Å². The van der Waals surface area contributed by atoms with Crippen LogP contribution in [0, 0.1) is 5.92 Å². The standard InChI is InChI=1S/C17H24N2O3/c1-3-13-4-6-15(7-5-13)18-16(20)12-19-10-8-14(9-11-19)17(21)22-2/h4-7,14H,3,8-12H2,1-2H3,(H,18,20). The number of hydrogen-bond acceptors (Lipinski definition) is 4. The summed E-state index contributed by atoms with van der Waals surface area (Å²) in [4.78, 5) is 25.6. The number of anilines is 1. The zero-order valence-corrected chi connectivity index (χ0v) is 13.3. The molecule has 1 aliphatic rings. The molecule has 0 saturated carbocycles. The molecule has 1 saturated heterocycles. The van der Waals surface area contributed by atoms with Crippen molar-refractivity contribution in [2.45, 2.75) is 26.2 Å². The van der Waals surface area contributed by atoms with Gasteiger partial charge in [-0.15, -0.1) is 0 Å². The molecule has 22 heavy (non-hydrogen) atoms. The fourth-order valence-corrected chi connectivity index (χ4v) is 2.72. The SMILES string of the molecule is CCc1ccc(NC(=O)CN2CCC(C(=O)OC)CC2)cc1. The molecule has 5 heteroatoms. The summed E-state index contributed by atoms with van der Waals surface area (Å²) in [7, 11) is 1.42. The molecule has 0 radical (unpaired) electrons. The topological polar surface area (TPSA) is 58.6 Å². The first-order chi connectivity index (χ1) is 10.6. The summed E-state index contributed by atoms with van der Waals surface area (Å²) in [5.74, 6) is -0.174. The van der Waals surface area contributed by atoms with E-state index in [1.807, 2.05) is 24.3 Å². The number of ether oxygens (including phenoxy) is 1. The minimum atomic E-state index is -0.139. The van der Waals surface area contributed by atoms with Crippen LogP contribution >= 0.6 is 0 Å². The van der Waals surface area contributed by atoms with Crippen molar-refractivity contribution < 1.29 is 14.3 Å². The van der Waals surface area contributed by atoms with E-state index in [0.717, 1.165) is 38.0 Å². The third kappa shape index (κ3) is 4.56. The molecule has 1 amide bonds. The minimum Gasteiger partial charge on any atom is -0.469 e. The lowest BCUT2D eigenvalue weighted by Gasteiger charge is -2.29. The average Bonchev–Trinajstić information content (AvgIpc) is 2.55. The molecule has 2 rings (SSSR count). The number of esters is 1. The van der Waals surface area contributed by atoms with Crippen LogP contribution in [0.2, 0.25) is 0 Å². The first kappa shape index (κ1) is 16.5. The van der Waals surface area contributed by atoms with Crippen LogP contribution in [0.25, 0.3) is 0 Å². The zero-order chi connectivity index (χ0) is 15.9. The molecule has 1 N–H and O–H groups in total. The van der Waals surface area contributed by atoms with Crippen LogP contribution in [0.3, 0.4) is 0 Å². The summed E-state index contributed by atoms with van der Waals surface area (Å²) in [6.45, 7) is 3.97. The van der Waals surface area contributed by atoms with Gasteiger partial charge in [0.25, 0.3) is 0 Å². The zero-order valence-electron chi connectivity index (χ0n) is 13.3. The molecule has 120 valence electrons. The first-order valence-corrected chi connectivity index (χ1v) is 7.81. The maximum absolute atomic E-state index is 12.1. The molecule has 0 aliphatic carbocycles. The van der Waals surface area contributed by atoms with E-state index in [9.17, 15) is 9.59 Å². The summed E-state index contributed by atoms with van der Waals surface area (Å²) in [5, 5.41) is 2.91. The smallest absolute Gasteiger partial charge is 0.308 e. The van der Waals surface area contributed by atoms with E-state index >= 15 is 0 Å². The molecule has 0 atom stereocenters. The largest absolute Gasteiger partial charge is 0.469 e. The molecule has 1 heterocycles. The Bertz CT molecular complexity index is 505.